The van der Waals surface area contributed by atoms with Crippen LogP contribution in [0.2, 0.25) is 0 Å². The predicted molar refractivity (Wildman–Crippen MR) is 79.2 cm³/mol. The number of carbonyl (C=O) groups is 1. The predicted octanol–water partition coefficient (Wildman–Crippen LogP) is 2.78. The van der Waals surface area contributed by atoms with Crippen LogP contribution in [0.5, 0.6) is 0 Å². The van der Waals surface area contributed by atoms with Crippen molar-refractivity contribution in [2.75, 3.05) is 6.54 Å². The number of aromatic nitrogens is 1. The summed E-state index contributed by atoms with van der Waals surface area (Å²) in [4.78, 5) is 14.1. The first kappa shape index (κ1) is 15.3. The number of benzene rings is 1. The third-order valence-corrected chi connectivity index (χ3v) is 4.60. The minimum absolute atomic E-state index is 0.110. The van der Waals surface area contributed by atoms with Gasteiger partial charge in [0.15, 0.2) is 11.6 Å². The number of rotatable bonds is 3. The molecule has 2 aromatic rings. The molecule has 7 heteroatoms. The van der Waals surface area contributed by atoms with E-state index < -0.39 is 29.7 Å². The molecular formula is C17H16F2N2O3. The Morgan fingerprint density at radius 3 is 2.75 bits per heavy atom. The Kier molecular flexibility index (Phi) is 3.60. The van der Waals surface area contributed by atoms with Crippen molar-refractivity contribution >= 4 is 5.91 Å². The SMILES string of the molecule is O=C(c1cc(C2CC2)no1)N1C[C@H](O)C[C@H]1c1ccc(F)c(F)c1. The molecule has 1 amide bonds. The minimum atomic E-state index is -0.975. The van der Waals surface area contributed by atoms with Gasteiger partial charge in [-0.25, -0.2) is 8.78 Å². The molecule has 2 aliphatic rings. The molecule has 2 fully saturated rings. The average molecular weight is 334 g/mol. The minimum Gasteiger partial charge on any atom is -0.391 e. The lowest BCUT2D eigenvalue weighted by Gasteiger charge is -2.23. The van der Waals surface area contributed by atoms with E-state index >= 15 is 0 Å². The molecule has 1 saturated carbocycles. The number of amides is 1. The Morgan fingerprint density at radius 1 is 1.25 bits per heavy atom. The summed E-state index contributed by atoms with van der Waals surface area (Å²) in [6.45, 7) is 0.113. The van der Waals surface area contributed by atoms with E-state index in [1.54, 1.807) is 6.07 Å². The van der Waals surface area contributed by atoms with Crippen molar-refractivity contribution in [2.45, 2.75) is 37.3 Å². The molecule has 24 heavy (non-hydrogen) atoms. The van der Waals surface area contributed by atoms with E-state index in [1.165, 1.54) is 11.0 Å². The Morgan fingerprint density at radius 2 is 2.04 bits per heavy atom. The van der Waals surface area contributed by atoms with Gasteiger partial charge < -0.3 is 14.5 Å². The third kappa shape index (κ3) is 2.69. The van der Waals surface area contributed by atoms with Crippen LogP contribution in [0.1, 0.15) is 53.0 Å². The van der Waals surface area contributed by atoms with Crippen molar-refractivity contribution in [1.29, 1.82) is 0 Å². The Labute approximate surface area is 136 Å². The largest absolute Gasteiger partial charge is 0.391 e. The summed E-state index contributed by atoms with van der Waals surface area (Å²) in [6.07, 6.45) is 1.62. The van der Waals surface area contributed by atoms with E-state index in [2.05, 4.69) is 5.16 Å². The lowest BCUT2D eigenvalue weighted by Crippen LogP contribution is -2.31. The smallest absolute Gasteiger partial charge is 0.293 e. The van der Waals surface area contributed by atoms with Crippen LogP contribution in [0.25, 0.3) is 0 Å². The van der Waals surface area contributed by atoms with Crippen molar-refractivity contribution in [3.8, 4) is 0 Å². The number of hydrogen-bond donors (Lipinski definition) is 1. The second-order valence-corrected chi connectivity index (χ2v) is 6.43. The van der Waals surface area contributed by atoms with Crippen molar-refractivity contribution in [2.24, 2.45) is 0 Å². The van der Waals surface area contributed by atoms with Crippen LogP contribution in [0.3, 0.4) is 0 Å². The number of nitrogens with zero attached hydrogens (tertiary/aromatic N) is 2. The monoisotopic (exact) mass is 334 g/mol. The Hall–Kier alpha value is -2.28. The molecule has 1 aliphatic carbocycles. The molecule has 1 aliphatic heterocycles. The molecule has 1 aromatic heterocycles. The van der Waals surface area contributed by atoms with Crippen LogP contribution in [-0.2, 0) is 0 Å². The molecule has 2 atom stereocenters. The second-order valence-electron chi connectivity index (χ2n) is 6.43. The van der Waals surface area contributed by atoms with Crippen molar-refractivity contribution < 1.29 is 23.2 Å². The highest BCUT2D eigenvalue weighted by Gasteiger charge is 2.38. The maximum Gasteiger partial charge on any atom is 0.293 e. The van der Waals surface area contributed by atoms with Gasteiger partial charge in [0.2, 0.25) is 5.76 Å². The van der Waals surface area contributed by atoms with Gasteiger partial charge in [0, 0.05) is 18.5 Å². The normalized spacial score (nSPS) is 23.7. The van der Waals surface area contributed by atoms with Gasteiger partial charge in [-0.3, -0.25) is 4.79 Å². The van der Waals surface area contributed by atoms with Crippen LogP contribution in [0.4, 0.5) is 8.78 Å². The molecule has 1 N–H and O–H groups in total. The van der Waals surface area contributed by atoms with Crippen molar-refractivity contribution in [3.63, 3.8) is 0 Å². The Bertz CT molecular complexity index is 788. The molecule has 2 heterocycles. The van der Waals surface area contributed by atoms with Gasteiger partial charge in [0.25, 0.3) is 5.91 Å². The van der Waals surface area contributed by atoms with Gasteiger partial charge in [0.05, 0.1) is 17.8 Å². The number of β-amino-alcohol motifs (C(OH)–C–C–N with tert-alkyl or cyclic N) is 1. The molecule has 126 valence electrons. The van der Waals surface area contributed by atoms with Crippen LogP contribution in [-0.4, -0.2) is 33.7 Å². The summed E-state index contributed by atoms with van der Waals surface area (Å²) in [7, 11) is 0. The molecule has 1 saturated heterocycles. The quantitative estimate of drug-likeness (QED) is 0.937. The molecule has 0 spiro atoms. The Balaban J connectivity index is 1.61. The molecule has 0 radical (unpaired) electrons. The van der Waals surface area contributed by atoms with Crippen LogP contribution in [0, 0.1) is 11.6 Å². The van der Waals surface area contributed by atoms with Gasteiger partial charge in [-0.1, -0.05) is 11.2 Å². The van der Waals surface area contributed by atoms with Gasteiger partial charge in [-0.05, 0) is 37.0 Å². The van der Waals surface area contributed by atoms with E-state index in [4.69, 9.17) is 4.52 Å². The lowest BCUT2D eigenvalue weighted by molar-refractivity contribution is 0.0673. The highest BCUT2D eigenvalue weighted by molar-refractivity contribution is 5.92. The van der Waals surface area contributed by atoms with Gasteiger partial charge in [-0.15, -0.1) is 0 Å². The fourth-order valence-corrected chi connectivity index (χ4v) is 3.18. The van der Waals surface area contributed by atoms with E-state index in [0.717, 1.165) is 30.7 Å². The number of likely N-dealkylation sites (tertiary alicyclic amines) is 1. The summed E-state index contributed by atoms with van der Waals surface area (Å²) in [6, 6.07) is 4.62. The van der Waals surface area contributed by atoms with Crippen molar-refractivity contribution in [3.05, 3.63) is 52.9 Å². The van der Waals surface area contributed by atoms with Crippen LogP contribution in [0.15, 0.2) is 28.8 Å². The highest BCUT2D eigenvalue weighted by atomic mass is 19.2. The first-order chi connectivity index (χ1) is 11.5. The summed E-state index contributed by atoms with van der Waals surface area (Å²) in [5.41, 5.74) is 1.21. The molecule has 5 nitrogen and oxygen atoms in total. The zero-order valence-electron chi connectivity index (χ0n) is 12.8. The maximum atomic E-state index is 13.5. The van der Waals surface area contributed by atoms with Gasteiger partial charge in [0.1, 0.15) is 0 Å². The third-order valence-electron chi connectivity index (χ3n) is 4.60. The molecule has 4 rings (SSSR count). The fraction of sp³-hybridized carbons (Fsp3) is 0.412. The van der Waals surface area contributed by atoms with E-state index in [9.17, 15) is 18.7 Å². The molecule has 0 unspecified atom stereocenters. The standard InChI is InChI=1S/C17H16F2N2O3/c18-12-4-3-10(5-13(12)19)15-6-11(22)8-21(15)17(23)16-7-14(20-24-16)9-1-2-9/h3-5,7,9,11,15,22H,1-2,6,8H2/t11-,15+/m1/s1. The van der Waals surface area contributed by atoms with Crippen LogP contribution >= 0.6 is 0 Å². The number of aliphatic hydroxyl groups is 1. The van der Waals surface area contributed by atoms with Crippen molar-refractivity contribution in [1.82, 2.24) is 10.1 Å². The first-order valence-electron chi connectivity index (χ1n) is 7.93. The van der Waals surface area contributed by atoms with E-state index in [0.29, 0.717) is 11.5 Å². The first-order valence-corrected chi connectivity index (χ1v) is 7.93. The number of hydrogen-bond acceptors (Lipinski definition) is 4. The zero-order valence-corrected chi connectivity index (χ0v) is 12.8. The number of aliphatic hydroxyl groups excluding tert-OH is 1. The second kappa shape index (κ2) is 5.66. The van der Waals surface area contributed by atoms with E-state index in [1.807, 2.05) is 0 Å². The van der Waals surface area contributed by atoms with E-state index in [-0.39, 0.29) is 18.7 Å². The fourth-order valence-electron chi connectivity index (χ4n) is 3.18. The summed E-state index contributed by atoms with van der Waals surface area (Å²) < 4.78 is 31.8. The topological polar surface area (TPSA) is 66.6 Å². The lowest BCUT2D eigenvalue weighted by atomic mass is 10.0. The van der Waals surface area contributed by atoms with Gasteiger partial charge >= 0.3 is 0 Å². The zero-order chi connectivity index (χ0) is 16.8. The summed E-state index contributed by atoms with van der Waals surface area (Å²) >= 11 is 0. The highest BCUT2D eigenvalue weighted by Crippen LogP contribution is 2.40. The number of halogens is 2. The molecule has 1 aromatic carbocycles. The summed E-state index contributed by atoms with van der Waals surface area (Å²) in [5.74, 6) is -1.85. The molecular weight excluding hydrogens is 318 g/mol. The van der Waals surface area contributed by atoms with Gasteiger partial charge in [-0.2, -0.15) is 0 Å². The summed E-state index contributed by atoms with van der Waals surface area (Å²) in [5, 5.41) is 13.9. The number of carbonyl (C=O) groups excluding carboxylic acids is 1. The molecule has 0 bridgehead atoms. The average Bonchev–Trinajstić information content (AvgIpc) is 3.16. The van der Waals surface area contributed by atoms with Crippen LogP contribution < -0.4 is 0 Å². The maximum absolute atomic E-state index is 13.5.